The molecular weight excluding hydrogens is 304 g/mol. The van der Waals surface area contributed by atoms with E-state index in [4.69, 9.17) is 27.5 Å². The van der Waals surface area contributed by atoms with Gasteiger partial charge in [0.25, 0.3) is 0 Å². The lowest BCUT2D eigenvalue weighted by molar-refractivity contribution is 0.306. The molecule has 2 aromatic carbocycles. The van der Waals surface area contributed by atoms with Gasteiger partial charge in [0.2, 0.25) is 0 Å². The number of rotatable bonds is 6. The van der Waals surface area contributed by atoms with Gasteiger partial charge in [0.15, 0.2) is 5.17 Å². The molecule has 2 aromatic rings. The summed E-state index contributed by atoms with van der Waals surface area (Å²) in [6, 6.07) is 15.6. The summed E-state index contributed by atoms with van der Waals surface area (Å²) in [5.41, 5.74) is 7.60. The molecule has 0 aromatic heterocycles. The lowest BCUT2D eigenvalue weighted by Gasteiger charge is -2.07. The van der Waals surface area contributed by atoms with Crippen LogP contribution >= 0.6 is 23.4 Å². The Morgan fingerprint density at radius 2 is 1.67 bits per heavy atom. The SMILES string of the molecule is N=C(N)SCCc1ccc(OCc2ccc(Cl)cc2)cc1. The minimum absolute atomic E-state index is 0.165. The highest BCUT2D eigenvalue weighted by molar-refractivity contribution is 8.13. The molecular formula is C16H17ClN2OS. The molecule has 0 saturated carbocycles. The first-order valence-electron chi connectivity index (χ1n) is 6.56. The first kappa shape index (κ1) is 15.7. The first-order chi connectivity index (χ1) is 10.1. The molecule has 0 heterocycles. The minimum Gasteiger partial charge on any atom is -0.489 e. The molecule has 0 saturated heterocycles. The Morgan fingerprint density at radius 1 is 1.05 bits per heavy atom. The Labute approximate surface area is 134 Å². The van der Waals surface area contributed by atoms with Gasteiger partial charge in [-0.3, -0.25) is 5.41 Å². The summed E-state index contributed by atoms with van der Waals surface area (Å²) >= 11 is 7.20. The smallest absolute Gasteiger partial charge is 0.151 e. The van der Waals surface area contributed by atoms with Crippen molar-refractivity contribution in [2.75, 3.05) is 5.75 Å². The molecule has 0 aliphatic rings. The Hall–Kier alpha value is -1.65. The summed E-state index contributed by atoms with van der Waals surface area (Å²) in [6.07, 6.45) is 0.891. The van der Waals surface area contributed by atoms with Crippen LogP contribution in [0.15, 0.2) is 48.5 Å². The second-order valence-corrected chi connectivity index (χ2v) is 6.09. The van der Waals surface area contributed by atoms with E-state index in [9.17, 15) is 0 Å². The van der Waals surface area contributed by atoms with Crippen LogP contribution in [-0.2, 0) is 13.0 Å². The summed E-state index contributed by atoms with van der Waals surface area (Å²) in [5, 5.41) is 8.05. The van der Waals surface area contributed by atoms with Crippen molar-refractivity contribution in [2.24, 2.45) is 5.73 Å². The number of nitrogens with two attached hydrogens (primary N) is 1. The van der Waals surface area contributed by atoms with Crippen molar-refractivity contribution in [3.05, 3.63) is 64.7 Å². The molecule has 110 valence electrons. The second-order valence-electron chi connectivity index (χ2n) is 4.52. The van der Waals surface area contributed by atoms with Gasteiger partial charge < -0.3 is 10.5 Å². The van der Waals surface area contributed by atoms with E-state index in [1.807, 2.05) is 48.5 Å². The topological polar surface area (TPSA) is 59.1 Å². The maximum atomic E-state index is 7.16. The molecule has 3 N–H and O–H groups in total. The number of halogens is 1. The molecule has 0 aliphatic carbocycles. The lowest BCUT2D eigenvalue weighted by Crippen LogP contribution is -2.05. The maximum absolute atomic E-state index is 7.16. The summed E-state index contributed by atoms with van der Waals surface area (Å²) in [6.45, 7) is 0.525. The number of hydrogen-bond acceptors (Lipinski definition) is 3. The van der Waals surface area contributed by atoms with Gasteiger partial charge in [-0.25, -0.2) is 0 Å². The van der Waals surface area contributed by atoms with Gasteiger partial charge in [-0.2, -0.15) is 0 Å². The van der Waals surface area contributed by atoms with Gasteiger partial charge in [0.1, 0.15) is 12.4 Å². The second kappa shape index (κ2) is 7.96. The summed E-state index contributed by atoms with van der Waals surface area (Å²) in [7, 11) is 0. The number of nitrogens with one attached hydrogen (secondary N) is 1. The van der Waals surface area contributed by atoms with Crippen molar-refractivity contribution in [1.29, 1.82) is 5.41 Å². The van der Waals surface area contributed by atoms with E-state index in [0.717, 1.165) is 28.5 Å². The van der Waals surface area contributed by atoms with Gasteiger partial charge in [-0.05, 0) is 41.8 Å². The predicted molar refractivity (Wildman–Crippen MR) is 90.3 cm³/mol. The van der Waals surface area contributed by atoms with Gasteiger partial charge in [-0.1, -0.05) is 47.6 Å². The van der Waals surface area contributed by atoms with Gasteiger partial charge in [0.05, 0.1) is 0 Å². The number of amidine groups is 1. The van der Waals surface area contributed by atoms with Gasteiger partial charge >= 0.3 is 0 Å². The van der Waals surface area contributed by atoms with E-state index in [2.05, 4.69) is 0 Å². The highest BCUT2D eigenvalue weighted by atomic mass is 35.5. The molecule has 2 rings (SSSR count). The van der Waals surface area contributed by atoms with E-state index >= 15 is 0 Å². The van der Waals surface area contributed by atoms with Crippen LogP contribution in [-0.4, -0.2) is 10.9 Å². The number of benzene rings is 2. The van der Waals surface area contributed by atoms with Crippen molar-refractivity contribution in [3.8, 4) is 5.75 Å². The third-order valence-corrected chi connectivity index (χ3v) is 3.86. The maximum Gasteiger partial charge on any atom is 0.151 e. The van der Waals surface area contributed by atoms with Crippen LogP contribution in [0.2, 0.25) is 5.02 Å². The molecule has 0 fully saturated rings. The van der Waals surface area contributed by atoms with Crippen LogP contribution in [0.1, 0.15) is 11.1 Å². The molecule has 0 amide bonds. The molecule has 0 bridgehead atoms. The third-order valence-electron chi connectivity index (χ3n) is 2.89. The zero-order valence-electron chi connectivity index (χ0n) is 11.5. The largest absolute Gasteiger partial charge is 0.489 e. The molecule has 0 radical (unpaired) electrons. The van der Waals surface area contributed by atoms with Gasteiger partial charge in [-0.15, -0.1) is 0 Å². The Bertz CT molecular complexity index is 584. The lowest BCUT2D eigenvalue weighted by atomic mass is 10.2. The first-order valence-corrected chi connectivity index (χ1v) is 7.93. The van der Waals surface area contributed by atoms with Crippen LogP contribution < -0.4 is 10.5 Å². The number of hydrogen-bond donors (Lipinski definition) is 2. The molecule has 0 spiro atoms. The standard InChI is InChI=1S/C16H17ClN2OS/c17-14-5-1-13(2-6-14)11-20-15-7-3-12(4-8-15)9-10-21-16(18)19/h1-8H,9-11H2,(H3,18,19). The van der Waals surface area contributed by atoms with Crippen molar-refractivity contribution in [2.45, 2.75) is 13.0 Å². The third kappa shape index (κ3) is 5.69. The van der Waals surface area contributed by atoms with Gasteiger partial charge in [0, 0.05) is 10.8 Å². The average molecular weight is 321 g/mol. The summed E-state index contributed by atoms with van der Waals surface area (Å²) in [5.74, 6) is 1.66. The van der Waals surface area contributed by atoms with Crippen molar-refractivity contribution >= 4 is 28.5 Å². The molecule has 0 aliphatic heterocycles. The molecule has 0 unspecified atom stereocenters. The van der Waals surface area contributed by atoms with Crippen molar-refractivity contribution in [3.63, 3.8) is 0 Å². The Morgan fingerprint density at radius 3 is 2.29 bits per heavy atom. The molecule has 0 atom stereocenters. The fourth-order valence-electron chi connectivity index (χ4n) is 1.78. The highest BCUT2D eigenvalue weighted by Crippen LogP contribution is 2.16. The van der Waals surface area contributed by atoms with Crippen LogP contribution in [0.25, 0.3) is 0 Å². The van der Waals surface area contributed by atoms with Crippen LogP contribution in [0.3, 0.4) is 0 Å². The van der Waals surface area contributed by atoms with E-state index in [1.54, 1.807) is 0 Å². The summed E-state index contributed by atoms with van der Waals surface area (Å²) < 4.78 is 5.73. The zero-order valence-corrected chi connectivity index (χ0v) is 13.1. The van der Waals surface area contributed by atoms with Crippen LogP contribution in [0, 0.1) is 5.41 Å². The molecule has 3 nitrogen and oxygen atoms in total. The van der Waals surface area contributed by atoms with Crippen molar-refractivity contribution in [1.82, 2.24) is 0 Å². The van der Waals surface area contributed by atoms with E-state index in [-0.39, 0.29) is 5.17 Å². The van der Waals surface area contributed by atoms with E-state index in [0.29, 0.717) is 6.61 Å². The number of thioether (sulfide) groups is 1. The monoisotopic (exact) mass is 320 g/mol. The van der Waals surface area contributed by atoms with E-state index < -0.39 is 0 Å². The van der Waals surface area contributed by atoms with Crippen LogP contribution in [0.4, 0.5) is 0 Å². The summed E-state index contributed by atoms with van der Waals surface area (Å²) in [4.78, 5) is 0. The zero-order chi connectivity index (χ0) is 15.1. The van der Waals surface area contributed by atoms with E-state index in [1.165, 1.54) is 17.3 Å². The molecule has 5 heteroatoms. The quantitative estimate of drug-likeness (QED) is 0.622. The number of ether oxygens (including phenoxy) is 1. The minimum atomic E-state index is 0.165. The molecule has 21 heavy (non-hydrogen) atoms. The Balaban J connectivity index is 1.81. The van der Waals surface area contributed by atoms with Crippen LogP contribution in [0.5, 0.6) is 5.75 Å². The fraction of sp³-hybridized carbons (Fsp3) is 0.188. The normalized spacial score (nSPS) is 10.3. The number of aryl methyl sites for hydroxylation is 1. The fourth-order valence-corrected chi connectivity index (χ4v) is 2.46. The highest BCUT2D eigenvalue weighted by Gasteiger charge is 1.99. The Kier molecular flexibility index (Phi) is 5.96. The predicted octanol–water partition coefficient (Wildman–Crippen LogP) is 4.09. The average Bonchev–Trinajstić information content (AvgIpc) is 2.48. The van der Waals surface area contributed by atoms with Crippen molar-refractivity contribution < 1.29 is 4.74 Å².